The predicted molar refractivity (Wildman–Crippen MR) is 226 cm³/mol. The summed E-state index contributed by atoms with van der Waals surface area (Å²) < 4.78 is 264. The van der Waals surface area contributed by atoms with Crippen LogP contribution in [0.15, 0.2) is 60.7 Å². The molecule has 0 bridgehead atoms. The number of hydrogen-bond acceptors (Lipinski definition) is 6. The molecule has 0 saturated heterocycles. The largest absolute Gasteiger partial charge is 0.478 e. The zero-order valence-corrected chi connectivity index (χ0v) is 39.1. The molecule has 10 nitrogen and oxygen atoms in total. The Bertz CT molecular complexity index is 2840. The van der Waals surface area contributed by atoms with E-state index in [1.807, 2.05) is 0 Å². The molecule has 1 unspecified atom stereocenters. The second-order valence-corrected chi connectivity index (χ2v) is 17.6. The second kappa shape index (κ2) is 20.2. The van der Waals surface area contributed by atoms with Gasteiger partial charge >= 0.3 is 49.0 Å². The molecule has 0 spiro atoms. The monoisotopic (exact) mass is 1100 g/mol. The number of anilines is 1. The molecular weight excluding hydrogens is 1060 g/mol. The molecule has 0 aromatic heterocycles. The van der Waals surface area contributed by atoms with E-state index in [9.17, 15) is 92.3 Å². The summed E-state index contributed by atoms with van der Waals surface area (Å²) in [7, 11) is 0. The lowest BCUT2D eigenvalue weighted by atomic mass is 9.71. The standard InChI is InChI=1S/C47H40F18N2O8/c1-7-22(6)66-35(68)27-10-8-25(17-29(27)37(70)71)39(42(48,49)50,43(51,52)53)26-9-11-28(30(18-26)38(72)73)36(69)67-34-21(5)13-24(16-32(34)41(75,46(60,61)62)47(63,64)65)14-23-12-20(4)33(19(2)3)31(15-23)40(74,44(54,55)56)45(57,58)59/h8-13,15-19,22,74-75H,7,14H2,1-6H3,(H,66,68)(H,67,69)(H,70,71)(H,72,73). The Kier molecular flexibility index (Phi) is 16.4. The summed E-state index contributed by atoms with van der Waals surface area (Å²) in [6.45, 7) is 6.77. The van der Waals surface area contributed by atoms with Gasteiger partial charge in [-0.05, 0) is 109 Å². The van der Waals surface area contributed by atoms with Gasteiger partial charge in [0.15, 0.2) is 0 Å². The molecular formula is C47H40F18N2O8. The Morgan fingerprint density at radius 1 is 0.507 bits per heavy atom. The first kappa shape index (κ1) is 61.0. The SMILES string of the molecule is CCC(C)NC(=O)c1ccc(C(c2ccc(C(=O)Nc3c(C)cc(Cc4cc(C)c(C(C)C)c(C(O)(C(F)(F)F)C(F)(F)F)c4)cc3C(O)(C(F)(F)F)C(F)(F)F)c(C(=O)O)c2)(C(F)(F)F)C(F)(F)F)cc1C(=O)O. The minimum atomic E-state index is -6.86. The number of hydrogen-bond donors (Lipinski definition) is 6. The van der Waals surface area contributed by atoms with Crippen molar-refractivity contribution < 1.29 is 119 Å². The number of carbonyl (C=O) groups excluding carboxylic acids is 2. The molecule has 4 rings (SSSR count). The fourth-order valence-electron chi connectivity index (χ4n) is 8.50. The Balaban J connectivity index is 2.04. The van der Waals surface area contributed by atoms with Crippen LogP contribution in [0.4, 0.5) is 84.7 Å². The molecule has 1 atom stereocenters. The number of benzene rings is 4. The second-order valence-electron chi connectivity index (χ2n) is 17.6. The fourth-order valence-corrected chi connectivity index (χ4v) is 8.50. The maximum absolute atomic E-state index is 15.2. The number of halogens is 18. The summed E-state index contributed by atoms with van der Waals surface area (Å²) in [5.41, 5.74) is -36.8. The first-order valence-corrected chi connectivity index (χ1v) is 21.3. The number of amides is 2. The molecule has 0 aliphatic rings. The lowest BCUT2D eigenvalue weighted by molar-refractivity contribution is -0.376. The van der Waals surface area contributed by atoms with Crippen LogP contribution in [-0.4, -0.2) is 87.3 Å². The highest BCUT2D eigenvalue weighted by Gasteiger charge is 2.75. The van der Waals surface area contributed by atoms with Crippen LogP contribution in [0.25, 0.3) is 0 Å². The van der Waals surface area contributed by atoms with Crippen molar-refractivity contribution in [2.75, 3.05) is 5.32 Å². The van der Waals surface area contributed by atoms with Crippen LogP contribution in [0, 0.1) is 13.8 Å². The topological polar surface area (TPSA) is 173 Å². The van der Waals surface area contributed by atoms with Crippen molar-refractivity contribution in [1.29, 1.82) is 0 Å². The molecule has 6 N–H and O–H groups in total. The Labute approximate surface area is 411 Å². The van der Waals surface area contributed by atoms with Crippen LogP contribution in [0.3, 0.4) is 0 Å². The lowest BCUT2D eigenvalue weighted by Gasteiger charge is -2.38. The van der Waals surface area contributed by atoms with Gasteiger partial charge in [-0.2, -0.15) is 79.0 Å². The third kappa shape index (κ3) is 10.8. The van der Waals surface area contributed by atoms with Gasteiger partial charge in [0.1, 0.15) is 0 Å². The summed E-state index contributed by atoms with van der Waals surface area (Å²) in [5, 5.41) is 44.6. The van der Waals surface area contributed by atoms with E-state index >= 15 is 26.3 Å². The number of aromatic carboxylic acids is 2. The van der Waals surface area contributed by atoms with Crippen LogP contribution in [0.5, 0.6) is 0 Å². The highest BCUT2D eigenvalue weighted by Crippen LogP contribution is 2.58. The molecule has 28 heteroatoms. The molecule has 0 aliphatic heterocycles. The lowest BCUT2D eigenvalue weighted by Crippen LogP contribution is -2.55. The number of carbonyl (C=O) groups is 4. The van der Waals surface area contributed by atoms with Gasteiger partial charge < -0.3 is 31.1 Å². The predicted octanol–water partition coefficient (Wildman–Crippen LogP) is 12.2. The van der Waals surface area contributed by atoms with E-state index in [4.69, 9.17) is 0 Å². The molecule has 0 radical (unpaired) electrons. The summed E-state index contributed by atoms with van der Waals surface area (Å²) in [4.78, 5) is 51.4. The zero-order valence-electron chi connectivity index (χ0n) is 39.1. The summed E-state index contributed by atoms with van der Waals surface area (Å²) >= 11 is 0. The van der Waals surface area contributed by atoms with E-state index in [-0.39, 0.29) is 42.8 Å². The average Bonchev–Trinajstić information content (AvgIpc) is 3.23. The number of nitrogens with one attached hydrogen (secondary N) is 2. The summed E-state index contributed by atoms with van der Waals surface area (Å²) in [6.07, 6.45) is -41.0. The average molecular weight is 1100 g/mol. The summed E-state index contributed by atoms with van der Waals surface area (Å²) in [5.74, 6) is -9.45. The molecule has 0 aliphatic carbocycles. The number of carboxylic acid groups (broad SMARTS) is 2. The van der Waals surface area contributed by atoms with E-state index in [0.717, 1.165) is 26.8 Å². The van der Waals surface area contributed by atoms with Crippen molar-refractivity contribution in [3.63, 3.8) is 0 Å². The van der Waals surface area contributed by atoms with Crippen LogP contribution in [-0.2, 0) is 23.0 Å². The third-order valence-electron chi connectivity index (χ3n) is 12.2. The van der Waals surface area contributed by atoms with E-state index < -0.39 is 180 Å². The minimum Gasteiger partial charge on any atom is -0.478 e. The number of carboxylic acids is 2. The molecule has 2 amide bonds. The smallest absolute Gasteiger partial charge is 0.430 e. The molecule has 0 heterocycles. The quantitative estimate of drug-likeness (QED) is 0.0677. The Morgan fingerprint density at radius 3 is 1.24 bits per heavy atom. The Morgan fingerprint density at radius 2 is 0.880 bits per heavy atom. The minimum absolute atomic E-state index is 0.0437. The van der Waals surface area contributed by atoms with Crippen molar-refractivity contribution in [3.8, 4) is 0 Å². The van der Waals surface area contributed by atoms with Gasteiger partial charge in [0.2, 0.25) is 5.41 Å². The van der Waals surface area contributed by atoms with Gasteiger partial charge in [-0.15, -0.1) is 0 Å². The number of aryl methyl sites for hydroxylation is 2. The molecule has 4 aromatic rings. The van der Waals surface area contributed by atoms with E-state index in [2.05, 4.69) is 5.32 Å². The number of alkyl halides is 18. The van der Waals surface area contributed by atoms with Crippen molar-refractivity contribution in [2.24, 2.45) is 0 Å². The molecule has 4 aromatic carbocycles. The van der Waals surface area contributed by atoms with Gasteiger partial charge in [-0.25, -0.2) is 9.59 Å². The van der Waals surface area contributed by atoms with Gasteiger partial charge in [0, 0.05) is 17.2 Å². The van der Waals surface area contributed by atoms with Gasteiger partial charge in [-0.3, -0.25) is 9.59 Å². The fraction of sp³-hybridized carbons (Fsp3) is 0.404. The van der Waals surface area contributed by atoms with Crippen LogP contribution in [0.1, 0.15) is 132 Å². The van der Waals surface area contributed by atoms with Crippen LogP contribution in [0.2, 0.25) is 0 Å². The van der Waals surface area contributed by atoms with E-state index in [1.54, 1.807) is 6.92 Å². The van der Waals surface area contributed by atoms with E-state index in [0.29, 0.717) is 19.1 Å². The van der Waals surface area contributed by atoms with Gasteiger partial charge in [-0.1, -0.05) is 51.1 Å². The summed E-state index contributed by atoms with van der Waals surface area (Å²) in [6, 6.07) is 0.168. The zero-order chi connectivity index (χ0) is 57.9. The molecule has 412 valence electrons. The van der Waals surface area contributed by atoms with Crippen LogP contribution < -0.4 is 10.6 Å². The van der Waals surface area contributed by atoms with Crippen molar-refractivity contribution >= 4 is 29.4 Å². The number of aliphatic hydroxyl groups is 2. The molecule has 75 heavy (non-hydrogen) atoms. The van der Waals surface area contributed by atoms with Crippen molar-refractivity contribution in [3.05, 3.63) is 133 Å². The molecule has 0 fully saturated rings. The van der Waals surface area contributed by atoms with E-state index in [1.165, 1.54) is 12.2 Å². The first-order valence-electron chi connectivity index (χ1n) is 21.3. The Hall–Kier alpha value is -6.58. The normalized spacial score (nSPS) is 14.0. The maximum Gasteiger partial charge on any atom is 0.430 e. The first-order chi connectivity index (χ1) is 33.8. The van der Waals surface area contributed by atoms with Crippen molar-refractivity contribution in [2.45, 2.75) is 120 Å². The third-order valence-corrected chi connectivity index (χ3v) is 12.2. The maximum atomic E-state index is 15.2. The van der Waals surface area contributed by atoms with Crippen LogP contribution >= 0.6 is 0 Å². The van der Waals surface area contributed by atoms with Crippen molar-refractivity contribution in [1.82, 2.24) is 5.32 Å². The number of rotatable bonds is 14. The van der Waals surface area contributed by atoms with Gasteiger partial charge in [0.05, 0.1) is 27.9 Å². The highest BCUT2D eigenvalue weighted by atomic mass is 19.4. The van der Waals surface area contributed by atoms with Gasteiger partial charge in [0.25, 0.3) is 23.0 Å². The highest BCUT2D eigenvalue weighted by molar-refractivity contribution is 6.11. The molecule has 0 saturated carbocycles.